The Morgan fingerprint density at radius 1 is 1.62 bits per heavy atom. The minimum absolute atomic E-state index is 0.00655. The Hall–Kier alpha value is -0.630. The summed E-state index contributed by atoms with van der Waals surface area (Å²) in [7, 11) is 1.78. The highest BCUT2D eigenvalue weighted by molar-refractivity contribution is 4.90. The Balaban J connectivity index is 2.23. The number of ether oxygens (including phenoxy) is 1. The second-order valence-electron chi connectivity index (χ2n) is 4.33. The third-order valence-electron chi connectivity index (χ3n) is 3.14. The molecule has 2 atom stereocenters. The molecule has 0 amide bonds. The van der Waals surface area contributed by atoms with Crippen molar-refractivity contribution in [2.75, 3.05) is 33.3 Å². The third kappa shape index (κ3) is 4.48. The number of piperidine rings is 1. The van der Waals surface area contributed by atoms with E-state index in [0.29, 0.717) is 6.10 Å². The van der Waals surface area contributed by atoms with Crippen molar-refractivity contribution in [2.24, 2.45) is 0 Å². The summed E-state index contributed by atoms with van der Waals surface area (Å²) in [6.45, 7) is 6.04. The maximum Gasteiger partial charge on any atom is 0.0965 e. The molecule has 0 radical (unpaired) electrons. The summed E-state index contributed by atoms with van der Waals surface area (Å²) in [4.78, 5) is 2.40. The van der Waals surface area contributed by atoms with E-state index < -0.39 is 0 Å². The van der Waals surface area contributed by atoms with Crippen molar-refractivity contribution in [1.29, 1.82) is 5.26 Å². The van der Waals surface area contributed by atoms with E-state index in [1.807, 2.05) is 6.92 Å². The minimum atomic E-state index is -0.00655. The molecule has 1 aliphatic rings. The Morgan fingerprint density at radius 2 is 2.44 bits per heavy atom. The molecule has 0 spiro atoms. The fraction of sp³-hybridized carbons (Fsp3) is 0.917. The molecule has 0 aliphatic carbocycles. The lowest BCUT2D eigenvalue weighted by atomic mass is 10.1. The van der Waals surface area contributed by atoms with Crippen LogP contribution in [0.2, 0.25) is 0 Å². The van der Waals surface area contributed by atoms with Crippen molar-refractivity contribution in [3.05, 3.63) is 0 Å². The highest BCUT2D eigenvalue weighted by Crippen LogP contribution is 2.12. The van der Waals surface area contributed by atoms with E-state index in [0.717, 1.165) is 32.6 Å². The molecule has 1 fully saturated rings. The normalized spacial score (nSPS) is 23.9. The van der Waals surface area contributed by atoms with Crippen LogP contribution in [-0.2, 0) is 4.74 Å². The van der Waals surface area contributed by atoms with Gasteiger partial charge in [-0.15, -0.1) is 0 Å². The van der Waals surface area contributed by atoms with Crippen LogP contribution in [0.1, 0.15) is 26.2 Å². The molecule has 0 aromatic rings. The fourth-order valence-electron chi connectivity index (χ4n) is 2.18. The molecule has 16 heavy (non-hydrogen) atoms. The number of nitrogens with one attached hydrogen (secondary N) is 1. The Labute approximate surface area is 98.6 Å². The molecule has 2 unspecified atom stereocenters. The number of nitrogens with zero attached hydrogens (tertiary/aromatic N) is 2. The molecule has 0 bridgehead atoms. The predicted molar refractivity (Wildman–Crippen MR) is 64.2 cm³/mol. The van der Waals surface area contributed by atoms with E-state index >= 15 is 0 Å². The molecule has 0 aromatic heterocycles. The fourth-order valence-corrected chi connectivity index (χ4v) is 2.18. The zero-order chi connectivity index (χ0) is 11.8. The molecule has 1 N–H and O–H groups in total. The van der Waals surface area contributed by atoms with Gasteiger partial charge in [-0.25, -0.2) is 0 Å². The topological polar surface area (TPSA) is 48.3 Å². The zero-order valence-corrected chi connectivity index (χ0v) is 10.4. The number of hydrogen-bond donors (Lipinski definition) is 1. The molecule has 1 heterocycles. The van der Waals surface area contributed by atoms with Crippen LogP contribution in [0.15, 0.2) is 0 Å². The van der Waals surface area contributed by atoms with Crippen LogP contribution >= 0.6 is 0 Å². The number of rotatable bonds is 6. The molecule has 92 valence electrons. The molecule has 1 rings (SSSR count). The summed E-state index contributed by atoms with van der Waals surface area (Å²) < 4.78 is 5.38. The quantitative estimate of drug-likeness (QED) is 0.732. The second kappa shape index (κ2) is 7.61. The molecular weight excluding hydrogens is 202 g/mol. The summed E-state index contributed by atoms with van der Waals surface area (Å²) in [6, 6.07) is 2.29. The van der Waals surface area contributed by atoms with Crippen molar-refractivity contribution in [1.82, 2.24) is 10.2 Å². The number of nitriles is 1. The van der Waals surface area contributed by atoms with E-state index in [1.165, 1.54) is 12.8 Å². The van der Waals surface area contributed by atoms with Crippen LogP contribution in [-0.4, -0.2) is 50.3 Å². The molecule has 1 aliphatic heterocycles. The smallest absolute Gasteiger partial charge is 0.0965 e. The molecule has 4 heteroatoms. The van der Waals surface area contributed by atoms with Crippen molar-refractivity contribution < 1.29 is 4.74 Å². The van der Waals surface area contributed by atoms with Gasteiger partial charge in [-0.05, 0) is 32.4 Å². The first kappa shape index (κ1) is 13.4. The Kier molecular flexibility index (Phi) is 6.39. The van der Waals surface area contributed by atoms with Crippen LogP contribution in [0.25, 0.3) is 0 Å². The van der Waals surface area contributed by atoms with E-state index in [1.54, 1.807) is 7.11 Å². The summed E-state index contributed by atoms with van der Waals surface area (Å²) in [5, 5.41) is 12.1. The van der Waals surface area contributed by atoms with E-state index in [4.69, 9.17) is 10.00 Å². The van der Waals surface area contributed by atoms with Crippen LogP contribution in [0, 0.1) is 11.3 Å². The number of methoxy groups -OCH3 is 1. The lowest BCUT2D eigenvalue weighted by molar-refractivity contribution is 0.0306. The Morgan fingerprint density at radius 3 is 3.06 bits per heavy atom. The summed E-state index contributed by atoms with van der Waals surface area (Å²) in [5.41, 5.74) is 0. The maximum atomic E-state index is 8.93. The standard InChI is InChI=1S/C12H23N3O/c1-3-14-11(9-13)6-8-15-7-4-5-12(10-15)16-2/h11-12,14H,3-8,10H2,1-2H3. The van der Waals surface area contributed by atoms with Gasteiger partial charge in [0.15, 0.2) is 0 Å². The molecule has 0 aromatic carbocycles. The van der Waals surface area contributed by atoms with Gasteiger partial charge in [0.2, 0.25) is 0 Å². The van der Waals surface area contributed by atoms with Gasteiger partial charge in [-0.3, -0.25) is 0 Å². The van der Waals surface area contributed by atoms with Gasteiger partial charge >= 0.3 is 0 Å². The number of hydrogen-bond acceptors (Lipinski definition) is 4. The Bertz CT molecular complexity index is 227. The highest BCUT2D eigenvalue weighted by atomic mass is 16.5. The average Bonchev–Trinajstić information content (AvgIpc) is 2.34. The van der Waals surface area contributed by atoms with E-state index in [2.05, 4.69) is 16.3 Å². The lowest BCUT2D eigenvalue weighted by Crippen LogP contribution is -2.41. The average molecular weight is 225 g/mol. The van der Waals surface area contributed by atoms with Gasteiger partial charge < -0.3 is 15.0 Å². The second-order valence-corrected chi connectivity index (χ2v) is 4.33. The first-order valence-electron chi connectivity index (χ1n) is 6.18. The van der Waals surface area contributed by atoms with Crippen molar-refractivity contribution >= 4 is 0 Å². The van der Waals surface area contributed by atoms with Gasteiger partial charge in [0, 0.05) is 20.2 Å². The summed E-state index contributed by atoms with van der Waals surface area (Å²) in [5.74, 6) is 0. The van der Waals surface area contributed by atoms with Gasteiger partial charge in [-0.2, -0.15) is 5.26 Å². The monoisotopic (exact) mass is 225 g/mol. The first-order valence-corrected chi connectivity index (χ1v) is 6.18. The molecule has 0 saturated carbocycles. The van der Waals surface area contributed by atoms with Gasteiger partial charge in [0.05, 0.1) is 18.2 Å². The van der Waals surface area contributed by atoms with Gasteiger partial charge in [-0.1, -0.05) is 6.92 Å². The van der Waals surface area contributed by atoms with Crippen molar-refractivity contribution in [3.8, 4) is 6.07 Å². The third-order valence-corrected chi connectivity index (χ3v) is 3.14. The highest BCUT2D eigenvalue weighted by Gasteiger charge is 2.19. The van der Waals surface area contributed by atoms with E-state index in [9.17, 15) is 0 Å². The summed E-state index contributed by atoms with van der Waals surface area (Å²) in [6.07, 6.45) is 3.66. The zero-order valence-electron chi connectivity index (χ0n) is 10.4. The van der Waals surface area contributed by atoms with Crippen LogP contribution in [0.5, 0.6) is 0 Å². The van der Waals surface area contributed by atoms with Crippen LogP contribution < -0.4 is 5.32 Å². The minimum Gasteiger partial charge on any atom is -0.380 e. The lowest BCUT2D eigenvalue weighted by Gasteiger charge is -2.32. The largest absolute Gasteiger partial charge is 0.380 e. The summed E-state index contributed by atoms with van der Waals surface area (Å²) >= 11 is 0. The first-order chi connectivity index (χ1) is 7.80. The van der Waals surface area contributed by atoms with Crippen LogP contribution in [0.3, 0.4) is 0 Å². The maximum absolute atomic E-state index is 8.93. The predicted octanol–water partition coefficient (Wildman–Crippen LogP) is 0.989. The van der Waals surface area contributed by atoms with Crippen LogP contribution in [0.4, 0.5) is 0 Å². The van der Waals surface area contributed by atoms with E-state index in [-0.39, 0.29) is 6.04 Å². The molecule has 4 nitrogen and oxygen atoms in total. The SMILES string of the molecule is CCNC(C#N)CCN1CCCC(OC)C1. The molecule has 1 saturated heterocycles. The van der Waals surface area contributed by atoms with Crippen molar-refractivity contribution in [2.45, 2.75) is 38.3 Å². The van der Waals surface area contributed by atoms with Gasteiger partial charge in [0.1, 0.15) is 0 Å². The molecular formula is C12H23N3O. The number of likely N-dealkylation sites (tertiary alicyclic amines) is 1. The van der Waals surface area contributed by atoms with Crippen molar-refractivity contribution in [3.63, 3.8) is 0 Å². The van der Waals surface area contributed by atoms with Gasteiger partial charge in [0.25, 0.3) is 0 Å².